The summed E-state index contributed by atoms with van der Waals surface area (Å²) in [4.78, 5) is 36.8. The molecule has 1 aliphatic heterocycles. The summed E-state index contributed by atoms with van der Waals surface area (Å²) in [6.45, 7) is -0.240. The van der Waals surface area contributed by atoms with Crippen LogP contribution in [0.2, 0.25) is 0 Å². The first-order chi connectivity index (χ1) is 12.0. The number of para-hydroxylation sites is 1. The summed E-state index contributed by atoms with van der Waals surface area (Å²) in [6, 6.07) is 12.9. The summed E-state index contributed by atoms with van der Waals surface area (Å²) in [5, 5.41) is 0. The van der Waals surface area contributed by atoms with Gasteiger partial charge < -0.3 is 16.2 Å². The number of rotatable bonds is 5. The monoisotopic (exact) mass is 339 g/mol. The van der Waals surface area contributed by atoms with Gasteiger partial charge in [-0.2, -0.15) is 0 Å². The van der Waals surface area contributed by atoms with Gasteiger partial charge in [-0.3, -0.25) is 19.3 Å². The van der Waals surface area contributed by atoms with E-state index >= 15 is 0 Å². The van der Waals surface area contributed by atoms with Crippen LogP contribution >= 0.6 is 0 Å². The minimum absolute atomic E-state index is 0.240. The van der Waals surface area contributed by atoms with Gasteiger partial charge in [0.05, 0.1) is 0 Å². The number of carbonyl (C=O) groups is 3. The van der Waals surface area contributed by atoms with Gasteiger partial charge in [0.25, 0.3) is 11.8 Å². The van der Waals surface area contributed by atoms with E-state index in [-0.39, 0.29) is 12.5 Å². The van der Waals surface area contributed by atoms with Crippen molar-refractivity contribution in [3.8, 4) is 5.75 Å². The lowest BCUT2D eigenvalue weighted by molar-refractivity contribution is -0.120. The van der Waals surface area contributed by atoms with E-state index in [2.05, 4.69) is 0 Å². The Morgan fingerprint density at radius 3 is 2.36 bits per heavy atom. The highest BCUT2D eigenvalue weighted by Crippen LogP contribution is 2.33. The third kappa shape index (κ3) is 3.30. The molecule has 1 aliphatic rings. The standard InChI is InChI=1S/C18H17N3O4/c19-16(22)10-25-13-7-5-11(6-8-13)18(24)21-14-4-2-1-3-12(14)9-15(21)17(20)23/h1-8,15H,9-10H2,(H2,19,22)(H2,20,23)/t15-/m0/s1. The molecule has 3 amide bonds. The Kier molecular flexibility index (Phi) is 4.38. The van der Waals surface area contributed by atoms with Crippen LogP contribution in [0.3, 0.4) is 0 Å². The maximum Gasteiger partial charge on any atom is 0.259 e. The predicted octanol–water partition coefficient (Wildman–Crippen LogP) is 0.608. The minimum Gasteiger partial charge on any atom is -0.484 e. The molecule has 0 bridgehead atoms. The van der Waals surface area contributed by atoms with Gasteiger partial charge in [-0.15, -0.1) is 0 Å². The van der Waals surface area contributed by atoms with E-state index in [0.29, 0.717) is 23.4 Å². The lowest BCUT2D eigenvalue weighted by atomic mass is 10.1. The number of benzene rings is 2. The minimum atomic E-state index is -0.712. The fourth-order valence-electron chi connectivity index (χ4n) is 2.85. The second kappa shape index (κ2) is 6.64. The van der Waals surface area contributed by atoms with Crippen molar-refractivity contribution in [3.63, 3.8) is 0 Å². The Morgan fingerprint density at radius 1 is 1.04 bits per heavy atom. The molecule has 4 N–H and O–H groups in total. The summed E-state index contributed by atoms with van der Waals surface area (Å²) in [6.07, 6.45) is 0.400. The van der Waals surface area contributed by atoms with Crippen molar-refractivity contribution in [1.82, 2.24) is 0 Å². The predicted molar refractivity (Wildman–Crippen MR) is 91.1 cm³/mol. The molecule has 1 heterocycles. The lowest BCUT2D eigenvalue weighted by Crippen LogP contribution is -2.46. The molecule has 0 unspecified atom stereocenters. The van der Waals surface area contributed by atoms with Crippen molar-refractivity contribution in [3.05, 3.63) is 59.7 Å². The lowest BCUT2D eigenvalue weighted by Gasteiger charge is -2.23. The van der Waals surface area contributed by atoms with Gasteiger partial charge >= 0.3 is 0 Å². The molecule has 128 valence electrons. The number of anilines is 1. The van der Waals surface area contributed by atoms with Crippen LogP contribution in [0.4, 0.5) is 5.69 Å². The van der Waals surface area contributed by atoms with Crippen molar-refractivity contribution < 1.29 is 19.1 Å². The SMILES string of the molecule is NC(=O)COc1ccc(C(=O)N2c3ccccc3C[C@H]2C(N)=O)cc1. The van der Waals surface area contributed by atoms with Gasteiger partial charge in [0.2, 0.25) is 5.91 Å². The Labute approximate surface area is 144 Å². The van der Waals surface area contributed by atoms with Crippen molar-refractivity contribution in [2.45, 2.75) is 12.5 Å². The van der Waals surface area contributed by atoms with E-state index < -0.39 is 17.9 Å². The van der Waals surface area contributed by atoms with Crippen LogP contribution in [0.25, 0.3) is 0 Å². The number of hydrogen-bond acceptors (Lipinski definition) is 4. The molecule has 0 spiro atoms. The molecular weight excluding hydrogens is 322 g/mol. The van der Waals surface area contributed by atoms with Crippen molar-refractivity contribution in [2.75, 3.05) is 11.5 Å². The number of hydrogen-bond donors (Lipinski definition) is 2. The maximum absolute atomic E-state index is 12.9. The third-order valence-electron chi connectivity index (χ3n) is 4.01. The summed E-state index contributed by atoms with van der Waals surface area (Å²) in [5.41, 5.74) is 12.5. The van der Waals surface area contributed by atoms with E-state index in [1.54, 1.807) is 30.3 Å². The molecule has 0 aromatic heterocycles. The first kappa shape index (κ1) is 16.5. The molecule has 2 aromatic rings. The number of carbonyl (C=O) groups excluding carboxylic acids is 3. The third-order valence-corrected chi connectivity index (χ3v) is 4.01. The molecule has 0 fully saturated rings. The molecule has 25 heavy (non-hydrogen) atoms. The second-order valence-corrected chi connectivity index (χ2v) is 5.71. The number of primary amides is 2. The zero-order valence-electron chi connectivity index (χ0n) is 13.3. The van der Waals surface area contributed by atoms with Gasteiger partial charge in [0.1, 0.15) is 11.8 Å². The quantitative estimate of drug-likeness (QED) is 0.830. The molecule has 7 nitrogen and oxygen atoms in total. The van der Waals surface area contributed by atoms with Crippen LogP contribution in [0.5, 0.6) is 5.75 Å². The zero-order valence-corrected chi connectivity index (χ0v) is 13.3. The van der Waals surface area contributed by atoms with Gasteiger partial charge in [-0.1, -0.05) is 18.2 Å². The number of amides is 3. The Balaban J connectivity index is 1.86. The van der Waals surface area contributed by atoms with Crippen LogP contribution in [0.1, 0.15) is 15.9 Å². The van der Waals surface area contributed by atoms with Crippen LogP contribution in [0.15, 0.2) is 48.5 Å². The van der Waals surface area contributed by atoms with Gasteiger partial charge in [0.15, 0.2) is 6.61 Å². The van der Waals surface area contributed by atoms with Gasteiger partial charge in [-0.25, -0.2) is 0 Å². The first-order valence-electron chi connectivity index (χ1n) is 7.69. The number of nitrogens with zero attached hydrogens (tertiary/aromatic N) is 1. The van der Waals surface area contributed by atoms with Gasteiger partial charge in [0, 0.05) is 17.7 Å². The van der Waals surface area contributed by atoms with Gasteiger partial charge in [-0.05, 0) is 35.9 Å². The molecule has 3 rings (SSSR count). The van der Waals surface area contributed by atoms with Crippen molar-refractivity contribution >= 4 is 23.4 Å². The first-order valence-corrected chi connectivity index (χ1v) is 7.69. The van der Waals surface area contributed by atoms with Crippen LogP contribution in [-0.4, -0.2) is 30.4 Å². The number of fused-ring (bicyclic) bond motifs is 1. The number of nitrogens with two attached hydrogens (primary N) is 2. The van der Waals surface area contributed by atoms with Crippen LogP contribution in [0, 0.1) is 0 Å². The molecule has 0 saturated heterocycles. The average Bonchev–Trinajstić information content (AvgIpc) is 2.99. The number of ether oxygens (including phenoxy) is 1. The van der Waals surface area contributed by atoms with E-state index in [4.69, 9.17) is 16.2 Å². The van der Waals surface area contributed by atoms with Crippen molar-refractivity contribution in [1.29, 1.82) is 0 Å². The molecule has 7 heteroatoms. The summed E-state index contributed by atoms with van der Waals surface area (Å²) in [5.74, 6) is -1.04. The fraction of sp³-hybridized carbons (Fsp3) is 0.167. The topological polar surface area (TPSA) is 116 Å². The average molecular weight is 339 g/mol. The summed E-state index contributed by atoms with van der Waals surface area (Å²) in [7, 11) is 0. The molecule has 0 aliphatic carbocycles. The largest absolute Gasteiger partial charge is 0.484 e. The maximum atomic E-state index is 12.9. The summed E-state index contributed by atoms with van der Waals surface area (Å²) >= 11 is 0. The Bertz CT molecular complexity index is 832. The van der Waals surface area contributed by atoms with Crippen LogP contribution < -0.4 is 21.1 Å². The normalized spacial score (nSPS) is 15.5. The van der Waals surface area contributed by atoms with Crippen LogP contribution in [-0.2, 0) is 16.0 Å². The van der Waals surface area contributed by atoms with E-state index in [9.17, 15) is 14.4 Å². The fourth-order valence-corrected chi connectivity index (χ4v) is 2.85. The highest BCUT2D eigenvalue weighted by molar-refractivity contribution is 6.11. The molecule has 0 saturated carbocycles. The molecule has 1 atom stereocenters. The van der Waals surface area contributed by atoms with E-state index in [0.717, 1.165) is 5.56 Å². The highest BCUT2D eigenvalue weighted by Gasteiger charge is 2.37. The molecular formula is C18H17N3O4. The Hall–Kier alpha value is -3.35. The zero-order chi connectivity index (χ0) is 18.0. The summed E-state index contributed by atoms with van der Waals surface area (Å²) < 4.78 is 5.17. The highest BCUT2D eigenvalue weighted by atomic mass is 16.5. The Morgan fingerprint density at radius 2 is 1.72 bits per heavy atom. The molecule has 0 radical (unpaired) electrons. The second-order valence-electron chi connectivity index (χ2n) is 5.71. The van der Waals surface area contributed by atoms with E-state index in [1.165, 1.54) is 4.90 Å². The van der Waals surface area contributed by atoms with Crippen molar-refractivity contribution in [2.24, 2.45) is 11.5 Å². The molecule has 2 aromatic carbocycles. The van der Waals surface area contributed by atoms with E-state index in [1.807, 2.05) is 18.2 Å². The smallest absolute Gasteiger partial charge is 0.259 e.